The minimum Gasteiger partial charge on any atom is -0.496 e. The summed E-state index contributed by atoms with van der Waals surface area (Å²) in [6.45, 7) is 0.714. The number of methoxy groups -OCH3 is 1. The Morgan fingerprint density at radius 1 is 1.10 bits per heavy atom. The number of aromatic nitrogens is 1. The molecule has 3 aliphatic rings. The summed E-state index contributed by atoms with van der Waals surface area (Å²) < 4.78 is 5.45. The molecule has 42 heavy (non-hydrogen) atoms. The SMILES string of the molecule is COc1cccc2[nH]c(C(=O)N3Cc4ccccc4CC3C(=O)N[C@@H](C[C@@H]3CCNC3=O)C(O)C(=O)NC3CC3)cc12. The molecule has 11 nitrogen and oxygen atoms in total. The van der Waals surface area contributed by atoms with E-state index >= 15 is 0 Å². The van der Waals surface area contributed by atoms with Gasteiger partial charge in [0, 0.05) is 42.4 Å². The van der Waals surface area contributed by atoms with Gasteiger partial charge in [-0.15, -0.1) is 0 Å². The third kappa shape index (κ3) is 5.56. The zero-order chi connectivity index (χ0) is 29.4. The highest BCUT2D eigenvalue weighted by atomic mass is 16.5. The summed E-state index contributed by atoms with van der Waals surface area (Å²) in [5, 5.41) is 20.2. The van der Waals surface area contributed by atoms with Crippen molar-refractivity contribution in [1.82, 2.24) is 25.8 Å². The molecule has 11 heteroatoms. The van der Waals surface area contributed by atoms with E-state index in [-0.39, 0.29) is 37.2 Å². The molecule has 2 unspecified atom stereocenters. The Balaban J connectivity index is 1.28. The van der Waals surface area contributed by atoms with Crippen LogP contribution in [0.5, 0.6) is 5.75 Å². The van der Waals surface area contributed by atoms with Crippen LogP contribution in [-0.4, -0.2) is 76.5 Å². The average molecular weight is 574 g/mol. The van der Waals surface area contributed by atoms with E-state index in [9.17, 15) is 24.3 Å². The number of carbonyl (C=O) groups excluding carboxylic acids is 4. The highest BCUT2D eigenvalue weighted by Gasteiger charge is 2.40. The third-order valence-electron chi connectivity index (χ3n) is 8.49. The summed E-state index contributed by atoms with van der Waals surface area (Å²) in [6, 6.07) is 13.0. The van der Waals surface area contributed by atoms with E-state index in [0.717, 1.165) is 34.9 Å². The van der Waals surface area contributed by atoms with Gasteiger partial charge in [0.2, 0.25) is 11.8 Å². The molecule has 220 valence electrons. The van der Waals surface area contributed by atoms with E-state index in [1.807, 2.05) is 42.5 Å². The van der Waals surface area contributed by atoms with Gasteiger partial charge in [-0.05, 0) is 55.0 Å². The van der Waals surface area contributed by atoms with E-state index in [1.54, 1.807) is 13.2 Å². The molecule has 0 bridgehead atoms. The smallest absolute Gasteiger partial charge is 0.271 e. The van der Waals surface area contributed by atoms with Gasteiger partial charge in [0.25, 0.3) is 11.8 Å². The predicted octanol–water partition coefficient (Wildman–Crippen LogP) is 1.39. The highest BCUT2D eigenvalue weighted by molar-refractivity contribution is 6.02. The first kappa shape index (κ1) is 27.8. The fourth-order valence-corrected chi connectivity index (χ4v) is 5.97. The van der Waals surface area contributed by atoms with Gasteiger partial charge in [-0.1, -0.05) is 30.3 Å². The summed E-state index contributed by atoms with van der Waals surface area (Å²) in [7, 11) is 1.57. The van der Waals surface area contributed by atoms with Gasteiger partial charge in [0.05, 0.1) is 13.2 Å². The fraction of sp³-hybridized carbons (Fsp3) is 0.419. The average Bonchev–Trinajstić information content (AvgIpc) is 3.55. The summed E-state index contributed by atoms with van der Waals surface area (Å²) in [5.74, 6) is -1.41. The molecule has 2 fully saturated rings. The second kappa shape index (κ2) is 11.5. The number of hydrogen-bond donors (Lipinski definition) is 5. The second-order valence-corrected chi connectivity index (χ2v) is 11.4. The summed E-state index contributed by atoms with van der Waals surface area (Å²) in [6.07, 6.45) is 1.07. The van der Waals surface area contributed by atoms with E-state index in [2.05, 4.69) is 20.9 Å². The van der Waals surface area contributed by atoms with Crippen LogP contribution in [0, 0.1) is 5.92 Å². The molecule has 2 aliphatic heterocycles. The predicted molar refractivity (Wildman–Crippen MR) is 153 cm³/mol. The molecule has 4 amide bonds. The molecule has 1 saturated carbocycles. The number of nitrogens with one attached hydrogen (secondary N) is 4. The number of nitrogens with zero attached hydrogens (tertiary/aromatic N) is 1. The van der Waals surface area contributed by atoms with Crippen LogP contribution < -0.4 is 20.7 Å². The van der Waals surface area contributed by atoms with Crippen LogP contribution in [0.25, 0.3) is 10.9 Å². The van der Waals surface area contributed by atoms with Gasteiger partial charge in [0.15, 0.2) is 6.10 Å². The molecule has 0 spiro atoms. The molecular weight excluding hydrogens is 538 g/mol. The Morgan fingerprint density at radius 3 is 2.60 bits per heavy atom. The highest BCUT2D eigenvalue weighted by Crippen LogP contribution is 2.30. The summed E-state index contributed by atoms with van der Waals surface area (Å²) in [5.41, 5.74) is 2.93. The number of amides is 4. The maximum Gasteiger partial charge on any atom is 0.271 e. The Morgan fingerprint density at radius 2 is 1.88 bits per heavy atom. The van der Waals surface area contributed by atoms with Crippen LogP contribution in [0.15, 0.2) is 48.5 Å². The second-order valence-electron chi connectivity index (χ2n) is 11.4. The molecular formula is C31H35N5O6. The first-order chi connectivity index (χ1) is 20.3. The number of aliphatic hydroxyl groups excluding tert-OH is 1. The molecule has 3 heterocycles. The van der Waals surface area contributed by atoms with Crippen molar-refractivity contribution in [3.8, 4) is 5.75 Å². The number of aromatic amines is 1. The number of ether oxygens (including phenoxy) is 1. The number of H-pyrrole nitrogens is 1. The van der Waals surface area contributed by atoms with Gasteiger partial charge in [0.1, 0.15) is 17.5 Å². The molecule has 2 aromatic carbocycles. The molecule has 5 N–H and O–H groups in total. The molecule has 4 atom stereocenters. The molecule has 6 rings (SSSR count). The zero-order valence-corrected chi connectivity index (χ0v) is 23.4. The zero-order valence-electron chi connectivity index (χ0n) is 23.4. The number of hydrogen-bond acceptors (Lipinski definition) is 6. The van der Waals surface area contributed by atoms with Crippen molar-refractivity contribution in [2.75, 3.05) is 13.7 Å². The fourth-order valence-electron chi connectivity index (χ4n) is 5.97. The van der Waals surface area contributed by atoms with Crippen LogP contribution in [0.3, 0.4) is 0 Å². The Hall–Kier alpha value is -4.38. The Bertz CT molecular complexity index is 1530. The maximum atomic E-state index is 14.0. The van der Waals surface area contributed by atoms with Gasteiger partial charge in [-0.3, -0.25) is 19.2 Å². The van der Waals surface area contributed by atoms with Crippen LogP contribution >= 0.6 is 0 Å². The molecule has 1 saturated heterocycles. The first-order valence-electron chi connectivity index (χ1n) is 14.4. The van der Waals surface area contributed by atoms with E-state index in [1.165, 1.54) is 4.90 Å². The van der Waals surface area contributed by atoms with Crippen molar-refractivity contribution >= 4 is 34.5 Å². The topological polar surface area (TPSA) is 153 Å². The van der Waals surface area contributed by atoms with E-state index < -0.39 is 35.9 Å². The molecule has 1 aliphatic carbocycles. The normalized spacial score (nSPS) is 21.3. The van der Waals surface area contributed by atoms with Crippen molar-refractivity contribution in [2.45, 2.75) is 62.9 Å². The van der Waals surface area contributed by atoms with Crippen molar-refractivity contribution in [3.05, 3.63) is 65.4 Å². The van der Waals surface area contributed by atoms with Crippen molar-refractivity contribution < 1.29 is 29.0 Å². The van der Waals surface area contributed by atoms with Crippen molar-refractivity contribution in [2.24, 2.45) is 5.92 Å². The van der Waals surface area contributed by atoms with Gasteiger partial charge >= 0.3 is 0 Å². The lowest BCUT2D eigenvalue weighted by atomic mass is 9.91. The van der Waals surface area contributed by atoms with Gasteiger partial charge in [-0.25, -0.2) is 0 Å². The monoisotopic (exact) mass is 573 g/mol. The quantitative estimate of drug-likeness (QED) is 0.261. The number of fused-ring (bicyclic) bond motifs is 2. The third-order valence-corrected chi connectivity index (χ3v) is 8.49. The number of benzene rings is 2. The van der Waals surface area contributed by atoms with E-state index in [4.69, 9.17) is 4.74 Å². The number of aliphatic hydroxyl groups is 1. The minimum atomic E-state index is -1.54. The number of carbonyl (C=O) groups is 4. The van der Waals surface area contributed by atoms with Crippen LogP contribution in [-0.2, 0) is 27.3 Å². The Kier molecular flexibility index (Phi) is 7.59. The largest absolute Gasteiger partial charge is 0.496 e. The van der Waals surface area contributed by atoms with Gasteiger partial charge in [-0.2, -0.15) is 0 Å². The standard InChI is InChI=1S/C31H35N5O6/c1-42-26-8-4-7-22-21(26)15-24(34-22)31(41)36-16-19-6-3-2-5-17(19)14-25(36)29(39)35-23(13-18-11-12-32-28(18)38)27(37)30(40)33-20-9-10-20/h2-8,15,18,20,23,25,27,34,37H,9-14,16H2,1H3,(H,32,38)(H,33,40)(H,35,39)/t18-,23-,25?,27?/m0/s1. The lowest BCUT2D eigenvalue weighted by Gasteiger charge is -2.37. The van der Waals surface area contributed by atoms with Gasteiger partial charge < -0.3 is 35.7 Å². The van der Waals surface area contributed by atoms with Crippen LogP contribution in [0.1, 0.15) is 47.3 Å². The maximum absolute atomic E-state index is 14.0. The van der Waals surface area contributed by atoms with Crippen LogP contribution in [0.2, 0.25) is 0 Å². The van der Waals surface area contributed by atoms with Crippen molar-refractivity contribution in [1.29, 1.82) is 0 Å². The van der Waals surface area contributed by atoms with Crippen LogP contribution in [0.4, 0.5) is 0 Å². The molecule has 3 aromatic rings. The summed E-state index contributed by atoms with van der Waals surface area (Å²) >= 11 is 0. The summed E-state index contributed by atoms with van der Waals surface area (Å²) in [4.78, 5) is 57.8. The molecule has 0 radical (unpaired) electrons. The number of rotatable bonds is 9. The van der Waals surface area contributed by atoms with E-state index in [0.29, 0.717) is 24.4 Å². The Labute approximate surface area is 243 Å². The lowest BCUT2D eigenvalue weighted by Crippen LogP contribution is -2.58. The first-order valence-corrected chi connectivity index (χ1v) is 14.4. The molecule has 1 aromatic heterocycles. The minimum absolute atomic E-state index is 0.0242. The lowest BCUT2D eigenvalue weighted by molar-refractivity contribution is -0.135. The van der Waals surface area contributed by atoms with Crippen molar-refractivity contribution in [3.63, 3.8) is 0 Å².